The van der Waals surface area contributed by atoms with E-state index in [9.17, 15) is 9.90 Å². The quantitative estimate of drug-likeness (QED) is 0.861. The van der Waals surface area contributed by atoms with Crippen molar-refractivity contribution in [2.75, 3.05) is 0 Å². The molecule has 21 heavy (non-hydrogen) atoms. The van der Waals surface area contributed by atoms with Crippen LogP contribution in [0, 0.1) is 0 Å². The van der Waals surface area contributed by atoms with E-state index < -0.39 is 11.6 Å². The van der Waals surface area contributed by atoms with Crippen LogP contribution in [0.4, 0.5) is 0 Å². The van der Waals surface area contributed by atoms with Gasteiger partial charge >= 0.3 is 5.97 Å². The number of carboxylic acid groups (broad SMARTS) is 1. The van der Waals surface area contributed by atoms with Gasteiger partial charge in [-0.05, 0) is 29.7 Å². The summed E-state index contributed by atoms with van der Waals surface area (Å²) in [5.41, 5.74) is 1.85. The number of hydrogen-bond acceptors (Lipinski definition) is 2. The van der Waals surface area contributed by atoms with E-state index in [1.54, 1.807) is 6.92 Å². The number of rotatable bonds is 5. The van der Waals surface area contributed by atoms with Crippen LogP contribution < -0.4 is 0 Å². The predicted octanol–water partition coefficient (Wildman–Crippen LogP) is 3.88. The van der Waals surface area contributed by atoms with Gasteiger partial charge in [0.2, 0.25) is 0 Å². The second kappa shape index (κ2) is 6.41. The zero-order valence-electron chi connectivity index (χ0n) is 11.7. The second-order valence-corrected chi connectivity index (χ2v) is 6.28. The Morgan fingerprint density at radius 1 is 1.14 bits per heavy atom. The van der Waals surface area contributed by atoms with Crippen LogP contribution in [0.1, 0.15) is 18.9 Å². The predicted molar refractivity (Wildman–Crippen MR) is 86.2 cm³/mol. The largest absolute Gasteiger partial charge is 0.481 e. The van der Waals surface area contributed by atoms with Gasteiger partial charge in [-0.15, -0.1) is 0 Å². The summed E-state index contributed by atoms with van der Waals surface area (Å²) in [6, 6.07) is 15.8. The maximum Gasteiger partial charge on any atom is 0.306 e. The molecule has 2 N–H and O–H groups in total. The fourth-order valence-electron chi connectivity index (χ4n) is 2.33. The third-order valence-corrected chi connectivity index (χ3v) is 3.95. The van der Waals surface area contributed by atoms with Gasteiger partial charge in [-0.3, -0.25) is 4.79 Å². The molecule has 0 aromatic heterocycles. The smallest absolute Gasteiger partial charge is 0.306 e. The number of benzene rings is 2. The Bertz CT molecular complexity index is 633. The first-order valence-electron chi connectivity index (χ1n) is 6.65. The van der Waals surface area contributed by atoms with Crippen molar-refractivity contribution in [3.05, 3.63) is 58.6 Å². The summed E-state index contributed by atoms with van der Waals surface area (Å²) >= 11 is 3.52. The average molecular weight is 349 g/mol. The van der Waals surface area contributed by atoms with Gasteiger partial charge in [0.25, 0.3) is 0 Å². The van der Waals surface area contributed by atoms with Crippen molar-refractivity contribution in [3.8, 4) is 11.1 Å². The van der Waals surface area contributed by atoms with Crippen molar-refractivity contribution < 1.29 is 15.0 Å². The lowest BCUT2D eigenvalue weighted by atomic mass is 9.92. The van der Waals surface area contributed by atoms with Crippen molar-refractivity contribution in [2.45, 2.75) is 25.4 Å². The first-order valence-corrected chi connectivity index (χ1v) is 7.45. The highest BCUT2D eigenvalue weighted by atomic mass is 79.9. The molecule has 2 aromatic rings. The van der Waals surface area contributed by atoms with Gasteiger partial charge in [0, 0.05) is 10.9 Å². The Kier molecular flexibility index (Phi) is 4.80. The average Bonchev–Trinajstić information content (AvgIpc) is 2.38. The van der Waals surface area contributed by atoms with Gasteiger partial charge in [0.15, 0.2) is 0 Å². The molecule has 0 bridgehead atoms. The summed E-state index contributed by atoms with van der Waals surface area (Å²) in [7, 11) is 0. The van der Waals surface area contributed by atoms with Crippen molar-refractivity contribution in [1.82, 2.24) is 0 Å². The standard InChI is InChI=1S/C17H17BrO3/c1-17(21,11-16(19)20)10-12-6-8-13(9-7-12)14-4-2-3-5-15(14)18/h2-9,21H,10-11H2,1H3,(H,19,20). The van der Waals surface area contributed by atoms with Crippen LogP contribution in [0.15, 0.2) is 53.0 Å². The van der Waals surface area contributed by atoms with Gasteiger partial charge in [-0.2, -0.15) is 0 Å². The molecule has 0 saturated carbocycles. The zero-order valence-corrected chi connectivity index (χ0v) is 13.3. The number of carboxylic acids is 1. The Morgan fingerprint density at radius 2 is 1.76 bits per heavy atom. The molecule has 4 heteroatoms. The molecule has 1 atom stereocenters. The van der Waals surface area contributed by atoms with Gasteiger partial charge in [0.1, 0.15) is 0 Å². The molecule has 0 saturated heterocycles. The lowest BCUT2D eigenvalue weighted by molar-refractivity contribution is -0.141. The molecule has 0 heterocycles. The molecule has 0 aliphatic rings. The molecule has 0 spiro atoms. The maximum absolute atomic E-state index is 10.7. The van der Waals surface area contributed by atoms with Crippen molar-refractivity contribution >= 4 is 21.9 Å². The van der Waals surface area contributed by atoms with Crippen LogP contribution in [0.2, 0.25) is 0 Å². The monoisotopic (exact) mass is 348 g/mol. The van der Waals surface area contributed by atoms with E-state index in [-0.39, 0.29) is 6.42 Å². The summed E-state index contributed by atoms with van der Waals surface area (Å²) in [5, 5.41) is 18.9. The normalized spacial score (nSPS) is 13.7. The summed E-state index contributed by atoms with van der Waals surface area (Å²) in [5.74, 6) is -0.996. The molecule has 0 amide bonds. The number of aliphatic carboxylic acids is 1. The number of halogens is 1. The van der Waals surface area contributed by atoms with Gasteiger partial charge in [-0.1, -0.05) is 58.4 Å². The molecule has 0 aliphatic carbocycles. The van der Waals surface area contributed by atoms with Crippen molar-refractivity contribution in [2.24, 2.45) is 0 Å². The Balaban J connectivity index is 2.16. The minimum atomic E-state index is -1.24. The molecule has 2 rings (SSSR count). The minimum Gasteiger partial charge on any atom is -0.481 e. The first kappa shape index (κ1) is 15.7. The van der Waals surface area contributed by atoms with Crippen LogP contribution in [0.5, 0.6) is 0 Å². The van der Waals surface area contributed by atoms with E-state index in [0.29, 0.717) is 6.42 Å². The van der Waals surface area contributed by atoms with E-state index in [1.165, 1.54) is 0 Å². The van der Waals surface area contributed by atoms with Crippen molar-refractivity contribution in [1.29, 1.82) is 0 Å². The third kappa shape index (κ3) is 4.41. The number of hydrogen-bond donors (Lipinski definition) is 2. The van der Waals surface area contributed by atoms with Gasteiger partial charge in [-0.25, -0.2) is 0 Å². The fourth-order valence-corrected chi connectivity index (χ4v) is 2.84. The van der Waals surface area contributed by atoms with Crippen LogP contribution >= 0.6 is 15.9 Å². The minimum absolute atomic E-state index is 0.265. The van der Waals surface area contributed by atoms with Crippen molar-refractivity contribution in [3.63, 3.8) is 0 Å². The molecular formula is C17H17BrO3. The van der Waals surface area contributed by atoms with Crippen LogP contribution in [0.3, 0.4) is 0 Å². The molecular weight excluding hydrogens is 332 g/mol. The lowest BCUT2D eigenvalue weighted by Crippen LogP contribution is -2.30. The Morgan fingerprint density at radius 3 is 2.33 bits per heavy atom. The van der Waals surface area contributed by atoms with Crippen LogP contribution in [0.25, 0.3) is 11.1 Å². The zero-order chi connectivity index (χ0) is 15.5. The fraction of sp³-hybridized carbons (Fsp3) is 0.235. The lowest BCUT2D eigenvalue weighted by Gasteiger charge is -2.21. The number of carbonyl (C=O) groups is 1. The molecule has 0 radical (unpaired) electrons. The van der Waals surface area contributed by atoms with Crippen LogP contribution in [-0.2, 0) is 11.2 Å². The summed E-state index contributed by atoms with van der Waals surface area (Å²) in [6.07, 6.45) is 0.0501. The van der Waals surface area contributed by atoms with E-state index in [1.807, 2.05) is 48.5 Å². The van der Waals surface area contributed by atoms with Crippen LogP contribution in [-0.4, -0.2) is 21.8 Å². The highest BCUT2D eigenvalue weighted by molar-refractivity contribution is 9.10. The number of aliphatic hydroxyl groups is 1. The van der Waals surface area contributed by atoms with E-state index >= 15 is 0 Å². The summed E-state index contributed by atoms with van der Waals surface area (Å²) in [6.45, 7) is 1.54. The maximum atomic E-state index is 10.7. The van der Waals surface area contributed by atoms with E-state index in [0.717, 1.165) is 21.2 Å². The highest BCUT2D eigenvalue weighted by Gasteiger charge is 2.24. The summed E-state index contributed by atoms with van der Waals surface area (Å²) in [4.78, 5) is 10.7. The second-order valence-electron chi connectivity index (χ2n) is 5.42. The molecule has 0 fully saturated rings. The Labute approximate surface area is 132 Å². The molecule has 3 nitrogen and oxygen atoms in total. The molecule has 0 aliphatic heterocycles. The molecule has 1 unspecified atom stereocenters. The van der Waals surface area contributed by atoms with Gasteiger partial charge in [0.05, 0.1) is 12.0 Å². The first-order chi connectivity index (χ1) is 9.87. The van der Waals surface area contributed by atoms with Gasteiger partial charge < -0.3 is 10.2 Å². The van der Waals surface area contributed by atoms with E-state index in [2.05, 4.69) is 15.9 Å². The third-order valence-electron chi connectivity index (χ3n) is 3.26. The topological polar surface area (TPSA) is 57.5 Å². The Hall–Kier alpha value is -1.65. The molecule has 2 aromatic carbocycles. The van der Waals surface area contributed by atoms with E-state index in [4.69, 9.17) is 5.11 Å². The highest BCUT2D eigenvalue weighted by Crippen LogP contribution is 2.28. The SMILES string of the molecule is CC(O)(CC(=O)O)Cc1ccc(-c2ccccc2Br)cc1. The molecule has 110 valence electrons. The summed E-state index contributed by atoms with van der Waals surface area (Å²) < 4.78 is 1.02.